The van der Waals surface area contributed by atoms with Crippen LogP contribution in [-0.4, -0.2) is 32.8 Å². The molecule has 24 heavy (non-hydrogen) atoms. The Morgan fingerprint density at radius 1 is 1.25 bits per heavy atom. The van der Waals surface area contributed by atoms with E-state index in [2.05, 4.69) is 15.0 Å². The summed E-state index contributed by atoms with van der Waals surface area (Å²) in [6, 6.07) is 6.50. The van der Waals surface area contributed by atoms with Gasteiger partial charge in [-0.25, -0.2) is 14.4 Å². The van der Waals surface area contributed by atoms with E-state index < -0.39 is 0 Å². The molecule has 1 fully saturated rings. The molecule has 1 aliphatic rings. The Morgan fingerprint density at radius 2 is 2.12 bits per heavy atom. The van der Waals surface area contributed by atoms with Crippen molar-refractivity contribution >= 4 is 16.5 Å². The zero-order chi connectivity index (χ0) is 16.4. The lowest BCUT2D eigenvalue weighted by Crippen LogP contribution is -2.37. The number of halogens is 1. The minimum Gasteiger partial charge on any atom is -0.348 e. The van der Waals surface area contributed by atoms with Gasteiger partial charge in [0.25, 0.3) is 0 Å². The number of anilines is 1. The lowest BCUT2D eigenvalue weighted by molar-refractivity contribution is 0.351. The molecule has 0 radical (unpaired) electrons. The van der Waals surface area contributed by atoms with Crippen LogP contribution in [0.1, 0.15) is 12.8 Å². The van der Waals surface area contributed by atoms with Crippen LogP contribution in [0.3, 0.4) is 0 Å². The Kier molecular flexibility index (Phi) is 4.25. The fourth-order valence-electron chi connectivity index (χ4n) is 3.14. The van der Waals surface area contributed by atoms with Gasteiger partial charge in [0.1, 0.15) is 18.5 Å². The summed E-state index contributed by atoms with van der Waals surface area (Å²) in [6.07, 6.45) is 5.71. The van der Waals surface area contributed by atoms with Gasteiger partial charge in [-0.05, 0) is 43.0 Å². The Morgan fingerprint density at radius 3 is 2.92 bits per heavy atom. The van der Waals surface area contributed by atoms with E-state index in [1.807, 2.05) is 10.1 Å². The number of nitrogens with zero attached hydrogens (tertiary/aromatic N) is 5. The van der Waals surface area contributed by atoms with Crippen molar-refractivity contribution in [3.05, 3.63) is 48.1 Å². The quantitative estimate of drug-likeness (QED) is 0.728. The van der Waals surface area contributed by atoms with Crippen LogP contribution in [-0.2, 0) is 6.54 Å². The summed E-state index contributed by atoms with van der Waals surface area (Å²) in [5, 5.41) is 7.29. The summed E-state index contributed by atoms with van der Waals surface area (Å²) in [5.74, 6) is 0.333. The lowest BCUT2D eigenvalue weighted by Gasteiger charge is -2.32. The maximum atomic E-state index is 13.1. The molecule has 0 bridgehead atoms. The molecular weight excluding hydrogens is 325 g/mol. The molecule has 2 aromatic heterocycles. The Balaban J connectivity index is 1.46. The summed E-state index contributed by atoms with van der Waals surface area (Å²) in [6.45, 7) is 2.91. The van der Waals surface area contributed by atoms with Crippen LogP contribution >= 0.6 is 11.3 Å². The predicted molar refractivity (Wildman–Crippen MR) is 92.5 cm³/mol. The van der Waals surface area contributed by atoms with Gasteiger partial charge in [-0.15, -0.1) is 11.3 Å². The smallest absolute Gasteiger partial charge is 0.185 e. The highest BCUT2D eigenvalue weighted by Gasteiger charge is 2.22. The summed E-state index contributed by atoms with van der Waals surface area (Å²) < 4.78 is 15.0. The minimum atomic E-state index is -0.221. The van der Waals surface area contributed by atoms with Crippen molar-refractivity contribution in [2.75, 3.05) is 18.0 Å². The van der Waals surface area contributed by atoms with Gasteiger partial charge >= 0.3 is 0 Å². The van der Waals surface area contributed by atoms with Crippen molar-refractivity contribution in [2.24, 2.45) is 5.92 Å². The third kappa shape index (κ3) is 3.31. The molecule has 1 saturated heterocycles. The Bertz CT molecular complexity index is 784. The molecule has 124 valence electrons. The van der Waals surface area contributed by atoms with Gasteiger partial charge in [0, 0.05) is 30.6 Å². The number of hydrogen-bond donors (Lipinski definition) is 0. The topological polar surface area (TPSA) is 46.8 Å². The maximum absolute atomic E-state index is 13.1. The Hall–Kier alpha value is -2.28. The van der Waals surface area contributed by atoms with Gasteiger partial charge < -0.3 is 4.90 Å². The van der Waals surface area contributed by atoms with Gasteiger partial charge in [0.05, 0.1) is 5.69 Å². The highest BCUT2D eigenvalue weighted by atomic mass is 32.1. The van der Waals surface area contributed by atoms with Crippen molar-refractivity contribution in [1.29, 1.82) is 0 Å². The van der Waals surface area contributed by atoms with E-state index in [4.69, 9.17) is 4.98 Å². The predicted octanol–water partition coefficient (Wildman–Crippen LogP) is 3.46. The Labute approximate surface area is 143 Å². The van der Waals surface area contributed by atoms with E-state index in [0.717, 1.165) is 42.4 Å². The first-order valence-electron chi connectivity index (χ1n) is 8.07. The number of thiazole rings is 1. The normalized spacial score (nSPS) is 18.0. The van der Waals surface area contributed by atoms with Crippen LogP contribution in [0.5, 0.6) is 0 Å². The zero-order valence-corrected chi connectivity index (χ0v) is 14.0. The zero-order valence-electron chi connectivity index (χ0n) is 13.2. The maximum Gasteiger partial charge on any atom is 0.185 e. The summed E-state index contributed by atoms with van der Waals surface area (Å²) in [7, 11) is 0. The third-order valence-corrected chi connectivity index (χ3v) is 5.23. The largest absolute Gasteiger partial charge is 0.348 e. The highest BCUT2D eigenvalue weighted by Crippen LogP contribution is 2.30. The van der Waals surface area contributed by atoms with Crippen molar-refractivity contribution in [3.8, 4) is 11.3 Å². The van der Waals surface area contributed by atoms with Crippen LogP contribution in [0, 0.1) is 11.7 Å². The average molecular weight is 343 g/mol. The first kappa shape index (κ1) is 15.3. The van der Waals surface area contributed by atoms with Crippen LogP contribution in [0.15, 0.2) is 42.3 Å². The second-order valence-electron chi connectivity index (χ2n) is 6.09. The van der Waals surface area contributed by atoms with Crippen LogP contribution in [0.4, 0.5) is 9.52 Å². The molecule has 4 rings (SSSR count). The molecule has 0 aliphatic carbocycles. The van der Waals surface area contributed by atoms with Gasteiger partial charge in [-0.3, -0.25) is 4.68 Å². The lowest BCUT2D eigenvalue weighted by atomic mass is 9.98. The fraction of sp³-hybridized carbons (Fsp3) is 0.353. The summed E-state index contributed by atoms with van der Waals surface area (Å²) in [4.78, 5) is 11.1. The molecule has 0 saturated carbocycles. The SMILES string of the molecule is Fc1ccc(-c2csc(N3CCCC(Cn4cncn4)C3)n2)cc1. The highest BCUT2D eigenvalue weighted by molar-refractivity contribution is 7.14. The second kappa shape index (κ2) is 6.68. The molecular formula is C17H18FN5S. The minimum absolute atomic E-state index is 0.221. The van der Waals surface area contributed by atoms with Crippen molar-refractivity contribution in [1.82, 2.24) is 19.7 Å². The molecule has 7 heteroatoms. The second-order valence-corrected chi connectivity index (χ2v) is 6.93. The van der Waals surface area contributed by atoms with Gasteiger partial charge in [-0.2, -0.15) is 5.10 Å². The van der Waals surface area contributed by atoms with E-state index in [9.17, 15) is 4.39 Å². The molecule has 5 nitrogen and oxygen atoms in total. The van der Waals surface area contributed by atoms with E-state index >= 15 is 0 Å². The number of piperidine rings is 1. The molecule has 0 N–H and O–H groups in total. The molecule has 1 atom stereocenters. The monoisotopic (exact) mass is 343 g/mol. The molecule has 1 aliphatic heterocycles. The molecule has 3 aromatic rings. The standard InChI is InChI=1S/C17H18FN5S/c18-15-5-3-14(4-6-15)16-10-24-17(21-16)22-7-1-2-13(8-22)9-23-12-19-11-20-23/h3-6,10-13H,1-2,7-9H2. The van der Waals surface area contributed by atoms with Crippen LogP contribution in [0.25, 0.3) is 11.3 Å². The summed E-state index contributed by atoms with van der Waals surface area (Å²) in [5.41, 5.74) is 1.86. The molecule has 1 aromatic carbocycles. The summed E-state index contributed by atoms with van der Waals surface area (Å²) >= 11 is 1.65. The number of rotatable bonds is 4. The molecule has 0 amide bonds. The van der Waals surface area contributed by atoms with Crippen molar-refractivity contribution in [3.63, 3.8) is 0 Å². The van der Waals surface area contributed by atoms with Gasteiger partial charge in [0.2, 0.25) is 0 Å². The first-order chi connectivity index (χ1) is 11.8. The first-order valence-corrected chi connectivity index (χ1v) is 8.95. The molecule has 3 heterocycles. The number of aromatic nitrogens is 4. The van der Waals surface area contributed by atoms with Crippen LogP contribution < -0.4 is 4.90 Å². The van der Waals surface area contributed by atoms with Crippen LogP contribution in [0.2, 0.25) is 0 Å². The number of benzene rings is 1. The average Bonchev–Trinajstić information content (AvgIpc) is 3.28. The molecule has 1 unspecified atom stereocenters. The van der Waals surface area contributed by atoms with E-state index in [0.29, 0.717) is 5.92 Å². The number of hydrogen-bond acceptors (Lipinski definition) is 5. The van der Waals surface area contributed by atoms with Crippen molar-refractivity contribution in [2.45, 2.75) is 19.4 Å². The van der Waals surface area contributed by atoms with E-state index in [1.54, 1.807) is 36.1 Å². The molecule has 0 spiro atoms. The fourth-order valence-corrected chi connectivity index (χ4v) is 4.01. The third-order valence-electron chi connectivity index (χ3n) is 4.33. The van der Waals surface area contributed by atoms with E-state index in [1.165, 1.54) is 18.6 Å². The van der Waals surface area contributed by atoms with Gasteiger partial charge in [-0.1, -0.05) is 0 Å². The van der Waals surface area contributed by atoms with Crippen molar-refractivity contribution < 1.29 is 4.39 Å². The van der Waals surface area contributed by atoms with Gasteiger partial charge in [0.15, 0.2) is 5.13 Å². The van der Waals surface area contributed by atoms with E-state index in [-0.39, 0.29) is 5.82 Å².